The number of carbonyl (C=O) groups excluding carboxylic acids is 2. The van der Waals surface area contributed by atoms with Gasteiger partial charge in [0.05, 0.1) is 24.8 Å². The molecular weight excluding hydrogens is 334 g/mol. The number of carbonyl (C=O) groups is 2. The second kappa shape index (κ2) is 8.78. The fourth-order valence-electron chi connectivity index (χ4n) is 2.77. The van der Waals surface area contributed by atoms with E-state index in [4.69, 9.17) is 25.8 Å². The fraction of sp³-hybridized carbons (Fsp3) is 0.529. The van der Waals surface area contributed by atoms with Gasteiger partial charge in [-0.05, 0) is 25.0 Å². The van der Waals surface area contributed by atoms with E-state index in [0.717, 1.165) is 25.7 Å². The van der Waals surface area contributed by atoms with Crippen molar-refractivity contribution in [2.24, 2.45) is 0 Å². The normalized spacial score (nSPS) is 14.8. The van der Waals surface area contributed by atoms with E-state index >= 15 is 0 Å². The standard InChI is InChI=1S/C17H22ClNO5/c1-22-14-9-11(8-13(18)16(14)23-2)17(21)24-10-15(20)19-12-6-4-3-5-7-12/h8-9,12H,3-7,10H2,1-2H3,(H,19,20). The second-order valence-corrected chi connectivity index (χ2v) is 6.08. The lowest BCUT2D eigenvalue weighted by atomic mass is 9.95. The molecule has 1 aromatic rings. The van der Waals surface area contributed by atoms with Crippen molar-refractivity contribution in [3.05, 3.63) is 22.7 Å². The summed E-state index contributed by atoms with van der Waals surface area (Å²) in [4.78, 5) is 24.0. The Kier molecular flexibility index (Phi) is 6.73. The van der Waals surface area contributed by atoms with E-state index in [-0.39, 0.29) is 29.1 Å². The van der Waals surface area contributed by atoms with Crippen LogP contribution in [0.15, 0.2) is 12.1 Å². The highest BCUT2D eigenvalue weighted by Gasteiger charge is 2.19. The largest absolute Gasteiger partial charge is 0.493 e. The van der Waals surface area contributed by atoms with Crippen LogP contribution in [-0.2, 0) is 9.53 Å². The van der Waals surface area contributed by atoms with Crippen molar-refractivity contribution >= 4 is 23.5 Å². The van der Waals surface area contributed by atoms with Crippen LogP contribution in [0.2, 0.25) is 5.02 Å². The number of methoxy groups -OCH3 is 2. The molecule has 1 aromatic carbocycles. The van der Waals surface area contributed by atoms with Crippen LogP contribution < -0.4 is 14.8 Å². The first-order chi connectivity index (χ1) is 11.5. The minimum Gasteiger partial charge on any atom is -0.493 e. The monoisotopic (exact) mass is 355 g/mol. The summed E-state index contributed by atoms with van der Waals surface area (Å²) >= 11 is 6.06. The number of hydrogen-bond acceptors (Lipinski definition) is 5. The van der Waals surface area contributed by atoms with Gasteiger partial charge in [-0.2, -0.15) is 0 Å². The van der Waals surface area contributed by atoms with Crippen molar-refractivity contribution in [2.45, 2.75) is 38.1 Å². The maximum absolute atomic E-state index is 12.1. The molecule has 0 aliphatic heterocycles. The van der Waals surface area contributed by atoms with Crippen LogP contribution in [0.3, 0.4) is 0 Å². The first kappa shape index (κ1) is 18.4. The predicted molar refractivity (Wildman–Crippen MR) is 89.9 cm³/mol. The predicted octanol–water partition coefficient (Wildman–Crippen LogP) is 2.96. The molecule has 0 spiro atoms. The van der Waals surface area contributed by atoms with Gasteiger partial charge in [-0.1, -0.05) is 30.9 Å². The number of hydrogen-bond donors (Lipinski definition) is 1. The van der Waals surface area contributed by atoms with Gasteiger partial charge in [0.1, 0.15) is 0 Å². The molecule has 0 aromatic heterocycles. The van der Waals surface area contributed by atoms with E-state index in [1.165, 1.54) is 32.8 Å². The van der Waals surface area contributed by atoms with Crippen molar-refractivity contribution in [1.82, 2.24) is 5.32 Å². The Morgan fingerprint density at radius 2 is 1.88 bits per heavy atom. The van der Waals surface area contributed by atoms with Crippen molar-refractivity contribution in [3.8, 4) is 11.5 Å². The molecule has 1 fully saturated rings. The minimum absolute atomic E-state index is 0.181. The third-order valence-electron chi connectivity index (χ3n) is 3.97. The Morgan fingerprint density at radius 1 is 1.17 bits per heavy atom. The van der Waals surface area contributed by atoms with Crippen molar-refractivity contribution in [2.75, 3.05) is 20.8 Å². The zero-order valence-electron chi connectivity index (χ0n) is 13.9. The Balaban J connectivity index is 1.92. The Labute approximate surface area is 146 Å². The number of benzene rings is 1. The summed E-state index contributed by atoms with van der Waals surface area (Å²) in [5.41, 5.74) is 0.197. The number of esters is 1. The fourth-order valence-corrected chi connectivity index (χ4v) is 3.05. The molecule has 0 saturated heterocycles. The zero-order valence-corrected chi connectivity index (χ0v) is 14.6. The molecular formula is C17H22ClNO5. The molecule has 0 unspecified atom stereocenters. The average Bonchev–Trinajstić information content (AvgIpc) is 2.59. The van der Waals surface area contributed by atoms with E-state index in [1.807, 2.05) is 0 Å². The Morgan fingerprint density at radius 3 is 2.50 bits per heavy atom. The third kappa shape index (κ3) is 4.77. The van der Waals surface area contributed by atoms with Crippen LogP contribution in [0.5, 0.6) is 11.5 Å². The highest BCUT2D eigenvalue weighted by molar-refractivity contribution is 6.32. The van der Waals surface area contributed by atoms with Gasteiger partial charge in [-0.25, -0.2) is 4.79 Å². The van der Waals surface area contributed by atoms with Crippen molar-refractivity contribution in [1.29, 1.82) is 0 Å². The van der Waals surface area contributed by atoms with Crippen LogP contribution in [-0.4, -0.2) is 38.7 Å². The summed E-state index contributed by atoms with van der Waals surface area (Å²) in [7, 11) is 2.90. The summed E-state index contributed by atoms with van der Waals surface area (Å²) in [6.07, 6.45) is 5.40. The molecule has 1 N–H and O–H groups in total. The average molecular weight is 356 g/mol. The Bertz CT molecular complexity index is 599. The van der Waals surface area contributed by atoms with E-state index in [2.05, 4.69) is 5.32 Å². The van der Waals surface area contributed by atoms with E-state index in [1.54, 1.807) is 0 Å². The number of amides is 1. The second-order valence-electron chi connectivity index (χ2n) is 5.67. The van der Waals surface area contributed by atoms with E-state index in [0.29, 0.717) is 11.5 Å². The molecule has 0 heterocycles. The van der Waals surface area contributed by atoms with Gasteiger partial charge in [-0.3, -0.25) is 4.79 Å². The smallest absolute Gasteiger partial charge is 0.338 e. The zero-order chi connectivity index (χ0) is 17.5. The van der Waals surface area contributed by atoms with Gasteiger partial charge < -0.3 is 19.5 Å². The summed E-state index contributed by atoms with van der Waals surface area (Å²) < 4.78 is 15.3. The van der Waals surface area contributed by atoms with Crippen LogP contribution in [0.25, 0.3) is 0 Å². The highest BCUT2D eigenvalue weighted by atomic mass is 35.5. The Hall–Kier alpha value is -1.95. The SMILES string of the molecule is COc1cc(C(=O)OCC(=O)NC2CCCCC2)cc(Cl)c1OC. The molecule has 6 nitrogen and oxygen atoms in total. The summed E-state index contributed by atoms with van der Waals surface area (Å²) in [6, 6.07) is 3.07. The van der Waals surface area contributed by atoms with Crippen LogP contribution in [0, 0.1) is 0 Å². The maximum Gasteiger partial charge on any atom is 0.338 e. The highest BCUT2D eigenvalue weighted by Crippen LogP contribution is 2.36. The topological polar surface area (TPSA) is 73.9 Å². The molecule has 7 heteroatoms. The van der Waals surface area contributed by atoms with Gasteiger partial charge in [0.15, 0.2) is 18.1 Å². The quantitative estimate of drug-likeness (QED) is 0.794. The molecule has 0 atom stereocenters. The number of rotatable bonds is 6. The van der Waals surface area contributed by atoms with E-state index < -0.39 is 5.97 Å². The summed E-state index contributed by atoms with van der Waals surface area (Å²) in [5, 5.41) is 3.12. The van der Waals surface area contributed by atoms with Gasteiger partial charge in [0.2, 0.25) is 0 Å². The summed E-state index contributed by atoms with van der Waals surface area (Å²) in [6.45, 7) is -0.318. The van der Waals surface area contributed by atoms with Gasteiger partial charge in [-0.15, -0.1) is 0 Å². The lowest BCUT2D eigenvalue weighted by molar-refractivity contribution is -0.125. The lowest BCUT2D eigenvalue weighted by Gasteiger charge is -2.22. The lowest BCUT2D eigenvalue weighted by Crippen LogP contribution is -2.38. The molecule has 24 heavy (non-hydrogen) atoms. The van der Waals surface area contributed by atoms with Gasteiger partial charge >= 0.3 is 5.97 Å². The maximum atomic E-state index is 12.1. The number of halogens is 1. The third-order valence-corrected chi connectivity index (χ3v) is 4.25. The first-order valence-corrected chi connectivity index (χ1v) is 8.31. The number of ether oxygens (including phenoxy) is 3. The van der Waals surface area contributed by atoms with E-state index in [9.17, 15) is 9.59 Å². The molecule has 1 aliphatic carbocycles. The molecule has 2 rings (SSSR count). The van der Waals surface area contributed by atoms with Crippen molar-refractivity contribution < 1.29 is 23.8 Å². The first-order valence-electron chi connectivity index (χ1n) is 7.93. The molecule has 1 saturated carbocycles. The number of nitrogens with one attached hydrogen (secondary N) is 1. The van der Waals surface area contributed by atoms with Gasteiger partial charge in [0.25, 0.3) is 5.91 Å². The molecule has 1 amide bonds. The summed E-state index contributed by atoms with van der Waals surface area (Å²) in [5.74, 6) is -0.271. The molecule has 0 radical (unpaired) electrons. The van der Waals surface area contributed by atoms with Crippen LogP contribution >= 0.6 is 11.6 Å². The van der Waals surface area contributed by atoms with Crippen molar-refractivity contribution in [3.63, 3.8) is 0 Å². The van der Waals surface area contributed by atoms with Gasteiger partial charge in [0, 0.05) is 6.04 Å². The van der Waals surface area contributed by atoms with Crippen LogP contribution in [0.4, 0.5) is 0 Å². The minimum atomic E-state index is -0.642. The molecule has 1 aliphatic rings. The molecule has 0 bridgehead atoms. The van der Waals surface area contributed by atoms with Crippen LogP contribution in [0.1, 0.15) is 42.5 Å². The molecule has 132 valence electrons.